The van der Waals surface area contributed by atoms with Gasteiger partial charge in [-0.25, -0.2) is 4.98 Å². The van der Waals surface area contributed by atoms with E-state index in [2.05, 4.69) is 15.1 Å². The zero-order chi connectivity index (χ0) is 8.39. The highest BCUT2D eigenvalue weighted by Crippen LogP contribution is 2.13. The summed E-state index contributed by atoms with van der Waals surface area (Å²) in [5.41, 5.74) is 0.761. The van der Waals surface area contributed by atoms with Crippen molar-refractivity contribution in [2.24, 2.45) is 0 Å². The topological polar surface area (TPSA) is 54.7 Å². The summed E-state index contributed by atoms with van der Waals surface area (Å²) in [5, 5.41) is 3.86. The molecule has 62 valence electrons. The summed E-state index contributed by atoms with van der Waals surface area (Å²) >= 11 is 0. The minimum absolute atomic E-state index is 0.749. The predicted molar refractivity (Wildman–Crippen MR) is 43.5 cm³/mol. The molecule has 0 fully saturated rings. The summed E-state index contributed by atoms with van der Waals surface area (Å²) in [5.74, 6) is 1.62. The van der Waals surface area contributed by atoms with Gasteiger partial charge in [0.2, 0.25) is 0 Å². The van der Waals surface area contributed by atoms with Crippen molar-refractivity contribution in [1.29, 1.82) is 0 Å². The molecule has 1 N–H and O–H groups in total. The highest BCUT2D eigenvalue weighted by molar-refractivity contribution is 5.47. The summed E-state index contributed by atoms with van der Waals surface area (Å²) < 4.78 is 5.03. The number of hydrogen-bond acceptors (Lipinski definition) is 3. The first-order valence-electron chi connectivity index (χ1n) is 3.85. The first kappa shape index (κ1) is 7.09. The minimum Gasteiger partial charge on any atom is -0.361 e. The standard InChI is InChI=1S/C8H9N3O/c1-2-6-5-7(11-12-6)8-9-3-4-10-8/h3-5H,2H2,1H3,(H,9,10). The lowest BCUT2D eigenvalue weighted by Gasteiger charge is -1.82. The molecule has 0 aromatic carbocycles. The Labute approximate surface area is 69.6 Å². The van der Waals surface area contributed by atoms with Crippen LogP contribution in [0.2, 0.25) is 0 Å². The molecule has 4 nitrogen and oxygen atoms in total. The van der Waals surface area contributed by atoms with E-state index >= 15 is 0 Å². The van der Waals surface area contributed by atoms with Gasteiger partial charge in [0.1, 0.15) is 11.5 Å². The molecule has 0 aliphatic rings. The maximum atomic E-state index is 5.03. The van der Waals surface area contributed by atoms with Crippen molar-refractivity contribution in [3.05, 3.63) is 24.2 Å². The van der Waals surface area contributed by atoms with Gasteiger partial charge >= 0.3 is 0 Å². The van der Waals surface area contributed by atoms with Crippen LogP contribution in [0.4, 0.5) is 0 Å². The molecule has 0 bridgehead atoms. The number of aromatic amines is 1. The van der Waals surface area contributed by atoms with E-state index in [0.29, 0.717) is 0 Å². The molecule has 2 rings (SSSR count). The lowest BCUT2D eigenvalue weighted by Crippen LogP contribution is -1.77. The highest BCUT2D eigenvalue weighted by Gasteiger charge is 2.05. The fraction of sp³-hybridized carbons (Fsp3) is 0.250. The normalized spacial score (nSPS) is 10.4. The first-order valence-corrected chi connectivity index (χ1v) is 3.85. The average Bonchev–Trinajstić information content (AvgIpc) is 2.75. The summed E-state index contributed by atoms with van der Waals surface area (Å²) in [6, 6.07) is 1.89. The zero-order valence-corrected chi connectivity index (χ0v) is 6.74. The Morgan fingerprint density at radius 2 is 2.50 bits per heavy atom. The molecule has 0 radical (unpaired) electrons. The fourth-order valence-electron chi connectivity index (χ4n) is 0.997. The van der Waals surface area contributed by atoms with Crippen LogP contribution in [0.5, 0.6) is 0 Å². The number of nitrogens with one attached hydrogen (secondary N) is 1. The van der Waals surface area contributed by atoms with E-state index in [1.54, 1.807) is 12.4 Å². The fourth-order valence-corrected chi connectivity index (χ4v) is 0.997. The summed E-state index contributed by atoms with van der Waals surface area (Å²) in [6.07, 6.45) is 4.30. The third-order valence-corrected chi connectivity index (χ3v) is 1.65. The summed E-state index contributed by atoms with van der Waals surface area (Å²) in [4.78, 5) is 7.01. The Balaban J connectivity index is 2.35. The molecule has 0 aliphatic heterocycles. The summed E-state index contributed by atoms with van der Waals surface area (Å²) in [6.45, 7) is 2.02. The van der Waals surface area contributed by atoms with Gasteiger partial charge in [-0.05, 0) is 0 Å². The molecule has 0 spiro atoms. The van der Waals surface area contributed by atoms with Crippen molar-refractivity contribution in [2.45, 2.75) is 13.3 Å². The molecule has 0 aliphatic carbocycles. The van der Waals surface area contributed by atoms with E-state index < -0.39 is 0 Å². The van der Waals surface area contributed by atoms with E-state index in [0.717, 1.165) is 23.7 Å². The van der Waals surface area contributed by atoms with E-state index in [-0.39, 0.29) is 0 Å². The van der Waals surface area contributed by atoms with Crippen LogP contribution in [-0.2, 0) is 6.42 Å². The summed E-state index contributed by atoms with van der Waals surface area (Å²) in [7, 11) is 0. The van der Waals surface area contributed by atoms with Crippen molar-refractivity contribution in [2.75, 3.05) is 0 Å². The average molecular weight is 163 g/mol. The number of aromatic nitrogens is 3. The van der Waals surface area contributed by atoms with Crippen molar-refractivity contribution < 1.29 is 4.52 Å². The third kappa shape index (κ3) is 1.11. The first-order chi connectivity index (χ1) is 5.90. The number of H-pyrrole nitrogens is 1. The van der Waals surface area contributed by atoms with Crippen LogP contribution in [0.3, 0.4) is 0 Å². The van der Waals surface area contributed by atoms with Crippen LogP contribution in [0.15, 0.2) is 23.0 Å². The largest absolute Gasteiger partial charge is 0.361 e. The molecule has 0 atom stereocenters. The zero-order valence-electron chi connectivity index (χ0n) is 6.74. The molecule has 0 saturated heterocycles. The van der Waals surface area contributed by atoms with Gasteiger partial charge in [0.15, 0.2) is 5.82 Å². The van der Waals surface area contributed by atoms with Crippen LogP contribution < -0.4 is 0 Å². The Kier molecular flexibility index (Phi) is 1.66. The molecule has 12 heavy (non-hydrogen) atoms. The molecule has 2 heterocycles. The van der Waals surface area contributed by atoms with Crippen LogP contribution in [0.25, 0.3) is 11.5 Å². The Morgan fingerprint density at radius 3 is 3.08 bits per heavy atom. The van der Waals surface area contributed by atoms with Crippen LogP contribution >= 0.6 is 0 Å². The van der Waals surface area contributed by atoms with Gasteiger partial charge < -0.3 is 9.51 Å². The van der Waals surface area contributed by atoms with Crippen LogP contribution in [0, 0.1) is 0 Å². The van der Waals surface area contributed by atoms with Gasteiger partial charge in [-0.1, -0.05) is 12.1 Å². The molecule has 4 heteroatoms. The van der Waals surface area contributed by atoms with Crippen molar-refractivity contribution in [3.8, 4) is 11.5 Å². The lowest BCUT2D eigenvalue weighted by atomic mass is 10.3. The Bertz CT molecular complexity index is 350. The van der Waals surface area contributed by atoms with Gasteiger partial charge in [-0.2, -0.15) is 0 Å². The Hall–Kier alpha value is -1.58. The van der Waals surface area contributed by atoms with Gasteiger partial charge in [0.05, 0.1) is 0 Å². The highest BCUT2D eigenvalue weighted by atomic mass is 16.5. The maximum Gasteiger partial charge on any atom is 0.159 e. The number of aryl methyl sites for hydroxylation is 1. The molecule has 0 saturated carbocycles. The van der Waals surface area contributed by atoms with Gasteiger partial charge in [0, 0.05) is 24.9 Å². The molecular formula is C8H9N3O. The predicted octanol–water partition coefficient (Wildman–Crippen LogP) is 1.63. The maximum absolute atomic E-state index is 5.03. The van der Waals surface area contributed by atoms with E-state index in [1.165, 1.54) is 0 Å². The van der Waals surface area contributed by atoms with Crippen LogP contribution in [-0.4, -0.2) is 15.1 Å². The van der Waals surface area contributed by atoms with E-state index in [4.69, 9.17) is 4.52 Å². The second kappa shape index (κ2) is 2.81. The number of nitrogens with zero attached hydrogens (tertiary/aromatic N) is 2. The molecule has 2 aromatic rings. The molecular weight excluding hydrogens is 154 g/mol. The van der Waals surface area contributed by atoms with E-state index in [9.17, 15) is 0 Å². The van der Waals surface area contributed by atoms with Crippen molar-refractivity contribution >= 4 is 0 Å². The third-order valence-electron chi connectivity index (χ3n) is 1.65. The number of hydrogen-bond donors (Lipinski definition) is 1. The molecule has 0 amide bonds. The smallest absolute Gasteiger partial charge is 0.159 e. The van der Waals surface area contributed by atoms with Crippen molar-refractivity contribution in [1.82, 2.24) is 15.1 Å². The Morgan fingerprint density at radius 1 is 1.58 bits per heavy atom. The van der Waals surface area contributed by atoms with Gasteiger partial charge in [-0.3, -0.25) is 0 Å². The minimum atomic E-state index is 0.749. The lowest BCUT2D eigenvalue weighted by molar-refractivity contribution is 0.388. The van der Waals surface area contributed by atoms with Crippen molar-refractivity contribution in [3.63, 3.8) is 0 Å². The second-order valence-corrected chi connectivity index (χ2v) is 2.47. The second-order valence-electron chi connectivity index (χ2n) is 2.47. The quantitative estimate of drug-likeness (QED) is 0.732. The van der Waals surface area contributed by atoms with Gasteiger partial charge in [-0.15, -0.1) is 0 Å². The van der Waals surface area contributed by atoms with Gasteiger partial charge in [0.25, 0.3) is 0 Å². The number of rotatable bonds is 2. The van der Waals surface area contributed by atoms with E-state index in [1.807, 2.05) is 13.0 Å². The molecule has 2 aromatic heterocycles. The SMILES string of the molecule is CCc1cc(-c2ncc[nH]2)no1. The molecule has 0 unspecified atom stereocenters. The monoisotopic (exact) mass is 163 g/mol. The van der Waals surface area contributed by atoms with Crippen LogP contribution in [0.1, 0.15) is 12.7 Å². The number of imidazole rings is 1.